The Balaban J connectivity index is 1.99. The molecule has 0 saturated heterocycles. The summed E-state index contributed by atoms with van der Waals surface area (Å²) < 4.78 is 5.04. The van der Waals surface area contributed by atoms with Crippen molar-refractivity contribution in [2.45, 2.75) is 26.3 Å². The smallest absolute Gasteiger partial charge is 0.339 e. The van der Waals surface area contributed by atoms with E-state index in [4.69, 9.17) is 4.74 Å². The average molecular weight is 396 g/mol. The van der Waals surface area contributed by atoms with Gasteiger partial charge in [0.1, 0.15) is 6.04 Å². The zero-order valence-electron chi connectivity index (χ0n) is 16.4. The molecule has 29 heavy (non-hydrogen) atoms. The third-order valence-electron chi connectivity index (χ3n) is 4.08. The summed E-state index contributed by atoms with van der Waals surface area (Å²) in [7, 11) is 0. The van der Waals surface area contributed by atoms with Gasteiger partial charge in [0.2, 0.25) is 5.91 Å². The number of carbonyl (C=O) groups is 4. The Hall–Kier alpha value is -3.48. The van der Waals surface area contributed by atoms with Crippen molar-refractivity contribution in [3.8, 4) is 0 Å². The second-order valence-corrected chi connectivity index (χ2v) is 6.40. The number of benzene rings is 2. The molecule has 2 N–H and O–H groups in total. The SMILES string of the molecule is CCCNC(=O)[C@@H](C)NC(=O)COC(=O)c1ccccc1C(=O)c1ccccc1. The molecule has 0 spiro atoms. The molecule has 7 nitrogen and oxygen atoms in total. The quantitative estimate of drug-likeness (QED) is 0.499. The number of ketones is 1. The van der Waals surface area contributed by atoms with Crippen LogP contribution in [0.15, 0.2) is 54.6 Å². The van der Waals surface area contributed by atoms with Gasteiger partial charge in [-0.3, -0.25) is 14.4 Å². The molecule has 0 heterocycles. The second kappa shape index (κ2) is 10.8. The Kier molecular flexibility index (Phi) is 8.09. The normalized spacial score (nSPS) is 11.2. The summed E-state index contributed by atoms with van der Waals surface area (Å²) in [6.45, 7) is 3.42. The molecule has 0 aromatic heterocycles. The van der Waals surface area contributed by atoms with E-state index in [0.717, 1.165) is 6.42 Å². The molecular formula is C22H24N2O5. The van der Waals surface area contributed by atoms with Crippen LogP contribution in [0.25, 0.3) is 0 Å². The molecule has 0 aliphatic heterocycles. The number of esters is 1. The van der Waals surface area contributed by atoms with Gasteiger partial charge >= 0.3 is 5.97 Å². The number of nitrogens with one attached hydrogen (secondary N) is 2. The highest BCUT2D eigenvalue weighted by Gasteiger charge is 2.21. The number of ether oxygens (including phenoxy) is 1. The van der Waals surface area contributed by atoms with Gasteiger partial charge in [0.15, 0.2) is 12.4 Å². The number of hydrogen-bond donors (Lipinski definition) is 2. The van der Waals surface area contributed by atoms with Gasteiger partial charge in [-0.15, -0.1) is 0 Å². The molecule has 152 valence electrons. The highest BCUT2D eigenvalue weighted by Crippen LogP contribution is 2.15. The first-order chi connectivity index (χ1) is 13.9. The van der Waals surface area contributed by atoms with Crippen LogP contribution in [-0.4, -0.2) is 42.8 Å². The first-order valence-electron chi connectivity index (χ1n) is 9.37. The van der Waals surface area contributed by atoms with E-state index in [1.807, 2.05) is 6.92 Å². The molecule has 0 aliphatic carbocycles. The maximum absolute atomic E-state index is 12.7. The highest BCUT2D eigenvalue weighted by molar-refractivity contribution is 6.14. The summed E-state index contributed by atoms with van der Waals surface area (Å²) in [5.74, 6) is -2.03. The van der Waals surface area contributed by atoms with E-state index in [1.54, 1.807) is 49.4 Å². The number of carbonyl (C=O) groups excluding carboxylic acids is 4. The maximum Gasteiger partial charge on any atom is 0.339 e. The lowest BCUT2D eigenvalue weighted by Crippen LogP contribution is -2.46. The summed E-state index contributed by atoms with van der Waals surface area (Å²) >= 11 is 0. The summed E-state index contributed by atoms with van der Waals surface area (Å²) in [4.78, 5) is 48.9. The lowest BCUT2D eigenvalue weighted by molar-refractivity contribution is -0.130. The van der Waals surface area contributed by atoms with E-state index >= 15 is 0 Å². The van der Waals surface area contributed by atoms with Crippen LogP contribution in [-0.2, 0) is 14.3 Å². The molecule has 0 saturated carbocycles. The fourth-order valence-electron chi connectivity index (χ4n) is 2.56. The van der Waals surface area contributed by atoms with Gasteiger partial charge in [-0.2, -0.15) is 0 Å². The van der Waals surface area contributed by atoms with E-state index in [9.17, 15) is 19.2 Å². The van der Waals surface area contributed by atoms with Crippen LogP contribution in [0, 0.1) is 0 Å². The van der Waals surface area contributed by atoms with Gasteiger partial charge in [0.25, 0.3) is 5.91 Å². The van der Waals surface area contributed by atoms with Crippen molar-refractivity contribution in [2.24, 2.45) is 0 Å². The van der Waals surface area contributed by atoms with E-state index in [1.165, 1.54) is 12.1 Å². The Morgan fingerprint density at radius 2 is 1.55 bits per heavy atom. The third kappa shape index (κ3) is 6.27. The minimum Gasteiger partial charge on any atom is -0.452 e. The van der Waals surface area contributed by atoms with Gasteiger partial charge in [-0.25, -0.2) is 4.79 Å². The van der Waals surface area contributed by atoms with Gasteiger partial charge in [-0.05, 0) is 19.4 Å². The Bertz CT molecular complexity index is 880. The van der Waals surface area contributed by atoms with Crippen LogP contribution < -0.4 is 10.6 Å². The monoisotopic (exact) mass is 396 g/mol. The molecule has 0 aliphatic rings. The zero-order valence-corrected chi connectivity index (χ0v) is 16.4. The molecule has 2 rings (SSSR count). The molecule has 7 heteroatoms. The molecule has 0 radical (unpaired) electrons. The van der Waals surface area contributed by atoms with Crippen LogP contribution in [0.1, 0.15) is 46.5 Å². The second-order valence-electron chi connectivity index (χ2n) is 6.40. The minimum absolute atomic E-state index is 0.0721. The Morgan fingerprint density at radius 1 is 0.931 bits per heavy atom. The van der Waals surface area contributed by atoms with E-state index < -0.39 is 24.5 Å². The van der Waals surface area contributed by atoms with Crippen molar-refractivity contribution < 1.29 is 23.9 Å². The maximum atomic E-state index is 12.7. The van der Waals surface area contributed by atoms with Gasteiger partial charge < -0.3 is 15.4 Å². The highest BCUT2D eigenvalue weighted by atomic mass is 16.5. The third-order valence-corrected chi connectivity index (χ3v) is 4.08. The van der Waals surface area contributed by atoms with Crippen molar-refractivity contribution in [1.82, 2.24) is 10.6 Å². The minimum atomic E-state index is -0.789. The summed E-state index contributed by atoms with van der Waals surface area (Å²) in [6, 6.07) is 14.1. The van der Waals surface area contributed by atoms with Crippen LogP contribution >= 0.6 is 0 Å². The van der Waals surface area contributed by atoms with Crippen molar-refractivity contribution in [2.75, 3.05) is 13.2 Å². The molecular weight excluding hydrogens is 372 g/mol. The Morgan fingerprint density at radius 3 is 2.21 bits per heavy atom. The van der Waals surface area contributed by atoms with Crippen molar-refractivity contribution >= 4 is 23.6 Å². The molecule has 2 amide bonds. The summed E-state index contributed by atoms with van der Waals surface area (Å²) in [5.41, 5.74) is 0.705. The number of rotatable bonds is 9. The summed E-state index contributed by atoms with van der Waals surface area (Å²) in [5, 5.41) is 5.13. The lowest BCUT2D eigenvalue weighted by atomic mass is 9.98. The predicted molar refractivity (Wildman–Crippen MR) is 108 cm³/mol. The topological polar surface area (TPSA) is 102 Å². The average Bonchev–Trinajstić information content (AvgIpc) is 2.75. The molecule has 2 aromatic rings. The van der Waals surface area contributed by atoms with Crippen molar-refractivity contribution in [3.05, 3.63) is 71.3 Å². The van der Waals surface area contributed by atoms with E-state index in [2.05, 4.69) is 10.6 Å². The van der Waals surface area contributed by atoms with Crippen LogP contribution in [0.5, 0.6) is 0 Å². The van der Waals surface area contributed by atoms with Crippen LogP contribution in [0.4, 0.5) is 0 Å². The van der Waals surface area contributed by atoms with E-state index in [-0.39, 0.29) is 22.8 Å². The first-order valence-corrected chi connectivity index (χ1v) is 9.37. The van der Waals surface area contributed by atoms with E-state index in [0.29, 0.717) is 12.1 Å². The standard InChI is InChI=1S/C22H24N2O5/c1-3-13-23-21(27)15(2)24-19(25)14-29-22(28)18-12-8-7-11-17(18)20(26)16-9-5-4-6-10-16/h4-12,15H,3,13-14H2,1-2H3,(H,23,27)(H,24,25)/t15-/m1/s1. The fourth-order valence-corrected chi connectivity index (χ4v) is 2.56. The molecule has 0 unspecified atom stereocenters. The van der Waals surface area contributed by atoms with Crippen LogP contribution in [0.3, 0.4) is 0 Å². The largest absolute Gasteiger partial charge is 0.452 e. The van der Waals surface area contributed by atoms with Gasteiger partial charge in [0, 0.05) is 17.7 Å². The molecule has 0 bridgehead atoms. The van der Waals surface area contributed by atoms with Crippen molar-refractivity contribution in [1.29, 1.82) is 0 Å². The number of amides is 2. The molecule has 1 atom stereocenters. The fraction of sp³-hybridized carbons (Fsp3) is 0.273. The van der Waals surface area contributed by atoms with Gasteiger partial charge in [-0.1, -0.05) is 55.5 Å². The number of hydrogen-bond acceptors (Lipinski definition) is 5. The Labute approximate surface area is 169 Å². The van der Waals surface area contributed by atoms with Gasteiger partial charge in [0.05, 0.1) is 5.56 Å². The lowest BCUT2D eigenvalue weighted by Gasteiger charge is -2.14. The molecule has 2 aromatic carbocycles. The summed E-state index contributed by atoms with van der Waals surface area (Å²) in [6.07, 6.45) is 0.783. The predicted octanol–water partition coefficient (Wildman–Crippen LogP) is 2.11. The molecule has 0 fully saturated rings. The van der Waals surface area contributed by atoms with Crippen LogP contribution in [0.2, 0.25) is 0 Å². The first kappa shape index (κ1) is 21.8. The zero-order chi connectivity index (χ0) is 21.2. The van der Waals surface area contributed by atoms with Crippen molar-refractivity contribution in [3.63, 3.8) is 0 Å².